The van der Waals surface area contributed by atoms with Crippen LogP contribution in [0.15, 0.2) is 48.5 Å². The maximum atomic E-state index is 11.2. The molecule has 28 heavy (non-hydrogen) atoms. The zero-order valence-corrected chi connectivity index (χ0v) is 16.3. The summed E-state index contributed by atoms with van der Waals surface area (Å²) in [5.41, 5.74) is 7.73. The van der Waals surface area contributed by atoms with Crippen molar-refractivity contribution in [2.24, 2.45) is 0 Å². The number of nitrogens with zero attached hydrogens (tertiary/aromatic N) is 1. The first-order valence-electron chi connectivity index (χ1n) is 9.76. The van der Waals surface area contributed by atoms with Crippen LogP contribution in [-0.4, -0.2) is 40.8 Å². The van der Waals surface area contributed by atoms with Gasteiger partial charge in [-0.05, 0) is 54.5 Å². The summed E-state index contributed by atoms with van der Waals surface area (Å²) in [6.07, 6.45) is 5.99. The van der Waals surface area contributed by atoms with Crippen molar-refractivity contribution in [2.45, 2.75) is 32.2 Å². The molecule has 1 aliphatic carbocycles. The number of carbonyl (C=O) groups excluding carboxylic acids is 1. The summed E-state index contributed by atoms with van der Waals surface area (Å²) in [5, 5.41) is 18.2. The van der Waals surface area contributed by atoms with E-state index >= 15 is 0 Å². The molecule has 0 radical (unpaired) electrons. The lowest BCUT2D eigenvalue weighted by Crippen LogP contribution is -2.32. The molecule has 148 valence electrons. The van der Waals surface area contributed by atoms with Gasteiger partial charge in [-0.1, -0.05) is 48.0 Å². The van der Waals surface area contributed by atoms with Crippen molar-refractivity contribution in [1.29, 1.82) is 0 Å². The number of hydrogen-bond acceptors (Lipinski definition) is 4. The number of carbonyl (C=O) groups is 1. The number of benzene rings is 2. The molecule has 1 amide bonds. The molecule has 0 spiro atoms. The van der Waals surface area contributed by atoms with Gasteiger partial charge in [0.1, 0.15) is 0 Å². The quantitative estimate of drug-likeness (QED) is 0.374. The van der Waals surface area contributed by atoms with Crippen LogP contribution in [0.4, 0.5) is 0 Å². The number of aliphatic hydroxyl groups is 1. The Bertz CT molecular complexity index is 847. The molecule has 1 atom stereocenters. The largest absolute Gasteiger partial charge is 0.395 e. The van der Waals surface area contributed by atoms with E-state index in [9.17, 15) is 9.90 Å². The molecule has 0 aliphatic heterocycles. The lowest BCUT2D eigenvalue weighted by atomic mass is 10.0. The van der Waals surface area contributed by atoms with E-state index in [4.69, 9.17) is 5.21 Å². The summed E-state index contributed by atoms with van der Waals surface area (Å²) in [5.74, 6) is -0.538. The molecule has 0 bridgehead atoms. The fourth-order valence-corrected chi connectivity index (χ4v) is 4.00. The maximum Gasteiger partial charge on any atom is 0.267 e. The topological polar surface area (TPSA) is 72.8 Å². The third-order valence-electron chi connectivity index (χ3n) is 5.35. The van der Waals surface area contributed by atoms with Crippen molar-refractivity contribution >= 4 is 12.0 Å². The number of hydrogen-bond donors (Lipinski definition) is 3. The normalized spacial score (nSPS) is 15.9. The van der Waals surface area contributed by atoms with Crippen LogP contribution in [0.2, 0.25) is 0 Å². The highest BCUT2D eigenvalue weighted by molar-refractivity contribution is 5.90. The molecule has 5 nitrogen and oxygen atoms in total. The van der Waals surface area contributed by atoms with Crippen molar-refractivity contribution in [2.75, 3.05) is 19.7 Å². The van der Waals surface area contributed by atoms with E-state index in [1.807, 2.05) is 6.07 Å². The van der Waals surface area contributed by atoms with Crippen molar-refractivity contribution in [3.05, 3.63) is 76.4 Å². The Balaban J connectivity index is 1.72. The van der Waals surface area contributed by atoms with Crippen molar-refractivity contribution < 1.29 is 15.1 Å². The Morgan fingerprint density at radius 1 is 1.25 bits per heavy atom. The number of hydroxylamine groups is 1. The van der Waals surface area contributed by atoms with Crippen LogP contribution in [0.3, 0.4) is 0 Å². The third-order valence-corrected chi connectivity index (χ3v) is 5.35. The Morgan fingerprint density at radius 2 is 2.11 bits per heavy atom. The average molecular weight is 380 g/mol. The fraction of sp³-hybridized carbons (Fsp3) is 0.348. The summed E-state index contributed by atoms with van der Waals surface area (Å²) in [4.78, 5) is 13.5. The Hall–Kier alpha value is -2.47. The molecule has 0 saturated carbocycles. The summed E-state index contributed by atoms with van der Waals surface area (Å²) in [6.45, 7) is 3.83. The summed E-state index contributed by atoms with van der Waals surface area (Å²) < 4.78 is 0. The van der Waals surface area contributed by atoms with Crippen molar-refractivity contribution in [3.63, 3.8) is 0 Å². The van der Waals surface area contributed by atoms with E-state index in [0.29, 0.717) is 12.6 Å². The van der Waals surface area contributed by atoms with Gasteiger partial charge in [0, 0.05) is 25.2 Å². The smallest absolute Gasteiger partial charge is 0.267 e. The second-order valence-electron chi connectivity index (χ2n) is 7.32. The molecular weight excluding hydrogens is 352 g/mol. The molecule has 3 N–H and O–H groups in total. The zero-order valence-electron chi connectivity index (χ0n) is 16.3. The number of rotatable bonds is 8. The number of fused-ring (bicyclic) bond motifs is 1. The van der Waals surface area contributed by atoms with Crippen LogP contribution in [-0.2, 0) is 17.6 Å². The summed E-state index contributed by atoms with van der Waals surface area (Å²) >= 11 is 0. The predicted molar refractivity (Wildman–Crippen MR) is 110 cm³/mol. The zero-order chi connectivity index (χ0) is 19.9. The van der Waals surface area contributed by atoms with Gasteiger partial charge in [0.15, 0.2) is 0 Å². The van der Waals surface area contributed by atoms with Crippen LogP contribution in [0, 0.1) is 6.92 Å². The second kappa shape index (κ2) is 9.64. The van der Waals surface area contributed by atoms with Crippen LogP contribution < -0.4 is 5.48 Å². The molecule has 2 aromatic carbocycles. The fourth-order valence-electron chi connectivity index (χ4n) is 4.00. The predicted octanol–water partition coefficient (Wildman–Crippen LogP) is 3.04. The molecule has 1 aliphatic rings. The van der Waals surface area contributed by atoms with E-state index < -0.39 is 5.91 Å². The minimum Gasteiger partial charge on any atom is -0.395 e. The lowest BCUT2D eigenvalue weighted by Gasteiger charge is -2.29. The highest BCUT2D eigenvalue weighted by atomic mass is 16.5. The van der Waals surface area contributed by atoms with Gasteiger partial charge in [-0.2, -0.15) is 0 Å². The minimum atomic E-state index is -0.538. The van der Waals surface area contributed by atoms with E-state index in [1.165, 1.54) is 28.3 Å². The van der Waals surface area contributed by atoms with Gasteiger partial charge in [-0.15, -0.1) is 0 Å². The van der Waals surface area contributed by atoms with Crippen LogP contribution >= 0.6 is 0 Å². The van der Waals surface area contributed by atoms with Gasteiger partial charge in [0.05, 0.1) is 6.61 Å². The standard InChI is InChI=1S/C23H28N2O3/c1-17-3-2-4-18(15-17)11-12-25(13-14-26)22-9-7-20-16-19(5-8-21(20)22)6-10-23(27)24-28/h2-6,8,10,15-16,22,26,28H,7,9,11-14H2,1H3,(H,24,27). The van der Waals surface area contributed by atoms with Gasteiger partial charge in [0.25, 0.3) is 5.91 Å². The number of aryl methyl sites for hydroxylation is 2. The van der Waals surface area contributed by atoms with Crippen molar-refractivity contribution in [3.8, 4) is 0 Å². The Labute approximate surface area is 166 Å². The Morgan fingerprint density at radius 3 is 2.86 bits per heavy atom. The molecule has 5 heteroatoms. The van der Waals surface area contributed by atoms with E-state index in [1.54, 1.807) is 11.6 Å². The molecule has 2 aromatic rings. The molecule has 1 unspecified atom stereocenters. The summed E-state index contributed by atoms with van der Waals surface area (Å²) in [7, 11) is 0. The molecule has 0 heterocycles. The van der Waals surface area contributed by atoms with Gasteiger partial charge in [-0.25, -0.2) is 5.48 Å². The first-order valence-corrected chi connectivity index (χ1v) is 9.76. The van der Waals surface area contributed by atoms with Crippen molar-refractivity contribution in [1.82, 2.24) is 10.4 Å². The molecule has 0 aromatic heterocycles. The van der Waals surface area contributed by atoms with E-state index in [-0.39, 0.29) is 6.61 Å². The molecular formula is C23H28N2O3. The van der Waals surface area contributed by atoms with Gasteiger partial charge in [0.2, 0.25) is 0 Å². The Kier molecular flexibility index (Phi) is 6.98. The SMILES string of the molecule is Cc1cccc(CCN(CCO)C2CCc3cc(C=CC(=O)NO)ccc32)c1. The van der Waals surface area contributed by atoms with Gasteiger partial charge < -0.3 is 5.11 Å². The third kappa shape index (κ3) is 5.07. The molecule has 0 saturated heterocycles. The number of aliphatic hydroxyl groups excluding tert-OH is 1. The highest BCUT2D eigenvalue weighted by Crippen LogP contribution is 2.36. The average Bonchev–Trinajstić information content (AvgIpc) is 3.12. The van der Waals surface area contributed by atoms with Crippen LogP contribution in [0.1, 0.15) is 40.3 Å². The lowest BCUT2D eigenvalue weighted by molar-refractivity contribution is -0.124. The summed E-state index contributed by atoms with van der Waals surface area (Å²) in [6, 6.07) is 15.1. The van der Waals surface area contributed by atoms with E-state index in [0.717, 1.165) is 31.4 Å². The molecule has 0 fully saturated rings. The number of nitrogens with one attached hydrogen (secondary N) is 1. The molecule has 3 rings (SSSR count). The maximum absolute atomic E-state index is 11.2. The van der Waals surface area contributed by atoms with Crippen LogP contribution in [0.25, 0.3) is 6.08 Å². The van der Waals surface area contributed by atoms with E-state index in [2.05, 4.69) is 48.2 Å². The van der Waals surface area contributed by atoms with Gasteiger partial charge in [-0.3, -0.25) is 14.9 Å². The number of amides is 1. The first-order chi connectivity index (χ1) is 13.6. The van der Waals surface area contributed by atoms with Gasteiger partial charge >= 0.3 is 0 Å². The first kappa shape index (κ1) is 20.3. The monoisotopic (exact) mass is 380 g/mol. The second-order valence-corrected chi connectivity index (χ2v) is 7.32. The highest BCUT2D eigenvalue weighted by Gasteiger charge is 2.27. The van der Waals surface area contributed by atoms with Crippen LogP contribution in [0.5, 0.6) is 0 Å². The minimum absolute atomic E-state index is 0.150.